The van der Waals surface area contributed by atoms with E-state index < -0.39 is 0 Å². The van der Waals surface area contributed by atoms with Gasteiger partial charge < -0.3 is 4.74 Å². The highest BCUT2D eigenvalue weighted by Gasteiger charge is 2.33. The molecule has 1 N–H and O–H groups in total. The fourth-order valence-corrected chi connectivity index (χ4v) is 2.65. The van der Waals surface area contributed by atoms with E-state index in [1.807, 2.05) is 0 Å². The quantitative estimate of drug-likeness (QED) is 0.676. The highest BCUT2D eigenvalue weighted by molar-refractivity contribution is 9.10. The molecule has 1 aliphatic rings. The Kier molecular flexibility index (Phi) is 3.72. The van der Waals surface area contributed by atoms with Gasteiger partial charge in [-0.15, -0.1) is 0 Å². The molecule has 0 aromatic heterocycles. The molecule has 1 aliphatic heterocycles. The number of hydrogen-bond donors (Lipinski definition) is 1. The highest BCUT2D eigenvalue weighted by atomic mass is 79.9. The van der Waals surface area contributed by atoms with Crippen molar-refractivity contribution in [3.8, 4) is 0 Å². The molecule has 0 aliphatic carbocycles. The van der Waals surface area contributed by atoms with E-state index in [2.05, 4.69) is 52.4 Å². The second kappa shape index (κ2) is 4.87. The van der Waals surface area contributed by atoms with Gasteiger partial charge in [-0.2, -0.15) is 0 Å². The first kappa shape index (κ1) is 11.5. The molecule has 1 saturated heterocycles. The number of thiol groups is 1. The van der Waals surface area contributed by atoms with Gasteiger partial charge in [-0.1, -0.05) is 15.9 Å². The Labute approximate surface area is 103 Å². The Morgan fingerprint density at radius 1 is 1.40 bits per heavy atom. The number of halogens is 1. The van der Waals surface area contributed by atoms with Crippen LogP contribution >= 0.6 is 15.9 Å². The minimum Gasteiger partial charge on any atom is -0.377 e. The van der Waals surface area contributed by atoms with Gasteiger partial charge in [-0.05, 0) is 31.2 Å². The van der Waals surface area contributed by atoms with Crippen LogP contribution in [0.4, 0.5) is 0 Å². The number of nitrogens with one attached hydrogen (secondary N) is 1. The third-order valence-corrected chi connectivity index (χ3v) is 3.94. The topological polar surface area (TPSA) is 21.3 Å². The molecule has 0 bridgehead atoms. The summed E-state index contributed by atoms with van der Waals surface area (Å²) in [5.74, 6) is 0.988. The molecule has 0 atom stereocenters. The molecule has 1 heterocycles. The third kappa shape index (κ3) is 3.21. The average molecular weight is 289 g/mol. The van der Waals surface area contributed by atoms with Crippen molar-refractivity contribution in [2.45, 2.75) is 17.4 Å². The van der Waals surface area contributed by atoms with E-state index in [-0.39, 0.29) is 5.54 Å². The van der Waals surface area contributed by atoms with Crippen LogP contribution in [0.5, 0.6) is 0 Å². The lowest BCUT2D eigenvalue weighted by molar-refractivity contribution is -0.0612. The van der Waals surface area contributed by atoms with Crippen LogP contribution < -0.4 is 5.32 Å². The van der Waals surface area contributed by atoms with Crippen molar-refractivity contribution < 1.29 is 4.74 Å². The maximum absolute atomic E-state index is 5.18. The minimum atomic E-state index is 0.211. The van der Waals surface area contributed by atoms with E-state index in [0.717, 1.165) is 23.6 Å². The summed E-state index contributed by atoms with van der Waals surface area (Å²) in [5, 5.41) is 3.51. The molecule has 2 nitrogen and oxygen atoms in total. The van der Waals surface area contributed by atoms with Crippen LogP contribution in [-0.4, -0.2) is 24.6 Å². The third-order valence-electron chi connectivity index (χ3n) is 2.44. The molecule has 1 fully saturated rings. The van der Waals surface area contributed by atoms with E-state index in [1.54, 1.807) is 0 Å². The first-order valence-corrected chi connectivity index (χ1v) is 6.81. The van der Waals surface area contributed by atoms with Gasteiger partial charge in [0.2, 0.25) is 0 Å². The number of rotatable bonds is 4. The zero-order valence-corrected chi connectivity index (χ0v) is 11.1. The number of hydrogen-bond acceptors (Lipinski definition) is 2. The molecule has 0 unspecified atom stereocenters. The fourth-order valence-electron chi connectivity index (χ4n) is 1.38. The summed E-state index contributed by atoms with van der Waals surface area (Å²) in [6, 6.07) is 8.45. The molecule has 4 heteroatoms. The molecule has 2 rings (SSSR count). The predicted octanol–water partition coefficient (Wildman–Crippen LogP) is 1.96. The van der Waals surface area contributed by atoms with E-state index in [0.29, 0.717) is 0 Å². The standard InChI is InChI=1S/C11H14BrNOS/c1-11(6-14-7-11)13-8-15-10-4-2-9(12)3-5-10/h2-5,13H,6-8H2,1H3/p+1. The molecule has 15 heavy (non-hydrogen) atoms. The normalized spacial score (nSPS) is 18.5. The average Bonchev–Trinajstić information content (AvgIpc) is 2.19. The van der Waals surface area contributed by atoms with Crippen molar-refractivity contribution in [3.63, 3.8) is 0 Å². The van der Waals surface area contributed by atoms with Crippen molar-refractivity contribution in [3.05, 3.63) is 28.7 Å². The minimum absolute atomic E-state index is 0.211. The Morgan fingerprint density at radius 2 is 2.07 bits per heavy atom. The molecule has 0 amide bonds. The van der Waals surface area contributed by atoms with Crippen molar-refractivity contribution in [1.82, 2.24) is 5.32 Å². The molecule has 1 aromatic carbocycles. The first-order chi connectivity index (χ1) is 7.18. The molecular formula is C11H15BrNOS+. The van der Waals surface area contributed by atoms with E-state index in [1.165, 1.54) is 16.7 Å². The maximum Gasteiger partial charge on any atom is 0.163 e. The first-order valence-electron chi connectivity index (χ1n) is 4.94. The summed E-state index contributed by atoms with van der Waals surface area (Å²) in [5.41, 5.74) is 0.211. The van der Waals surface area contributed by atoms with E-state index >= 15 is 0 Å². The van der Waals surface area contributed by atoms with Gasteiger partial charge >= 0.3 is 0 Å². The Morgan fingerprint density at radius 3 is 2.60 bits per heavy atom. The zero-order valence-electron chi connectivity index (χ0n) is 8.66. The highest BCUT2D eigenvalue weighted by Crippen LogP contribution is 2.16. The van der Waals surface area contributed by atoms with Crippen LogP contribution in [0.3, 0.4) is 0 Å². The van der Waals surface area contributed by atoms with Crippen LogP contribution in [0, 0.1) is 0 Å². The largest absolute Gasteiger partial charge is 0.377 e. The fraction of sp³-hybridized carbons (Fsp3) is 0.455. The van der Waals surface area contributed by atoms with E-state index in [9.17, 15) is 0 Å². The lowest BCUT2D eigenvalue weighted by Gasteiger charge is -2.37. The SMILES string of the molecule is CC1(NC[SH+]c2ccc(Br)cc2)COC1. The van der Waals surface area contributed by atoms with Gasteiger partial charge in [0.25, 0.3) is 0 Å². The summed E-state index contributed by atoms with van der Waals surface area (Å²) < 4.78 is 6.32. The van der Waals surface area contributed by atoms with Gasteiger partial charge in [-0.25, -0.2) is 0 Å². The van der Waals surface area contributed by atoms with Gasteiger partial charge in [0.15, 0.2) is 10.8 Å². The Hall–Kier alpha value is -0.0300. The van der Waals surface area contributed by atoms with Crippen molar-refractivity contribution in [2.24, 2.45) is 0 Å². The lowest BCUT2D eigenvalue weighted by Crippen LogP contribution is -2.58. The molecule has 1 aromatic rings. The monoisotopic (exact) mass is 288 g/mol. The molecule has 82 valence electrons. The molecular weight excluding hydrogens is 274 g/mol. The number of ether oxygens (including phenoxy) is 1. The summed E-state index contributed by atoms with van der Waals surface area (Å²) >= 11 is 4.75. The Balaban J connectivity index is 1.76. The van der Waals surface area contributed by atoms with Gasteiger partial charge in [-0.3, -0.25) is 5.32 Å². The van der Waals surface area contributed by atoms with Crippen molar-refractivity contribution in [2.75, 3.05) is 19.1 Å². The lowest BCUT2D eigenvalue weighted by atomic mass is 10.0. The molecule has 0 saturated carbocycles. The smallest absolute Gasteiger partial charge is 0.163 e. The summed E-state index contributed by atoms with van der Waals surface area (Å²) in [4.78, 5) is 1.34. The van der Waals surface area contributed by atoms with Crippen LogP contribution in [0.1, 0.15) is 6.92 Å². The number of benzene rings is 1. The van der Waals surface area contributed by atoms with Gasteiger partial charge in [0.05, 0.1) is 18.8 Å². The summed E-state index contributed by atoms with van der Waals surface area (Å²) in [7, 11) is 0. The summed E-state index contributed by atoms with van der Waals surface area (Å²) in [6.45, 7) is 3.87. The van der Waals surface area contributed by atoms with Crippen LogP contribution in [0.15, 0.2) is 33.6 Å². The van der Waals surface area contributed by atoms with Crippen molar-refractivity contribution >= 4 is 27.7 Å². The maximum atomic E-state index is 5.18. The van der Waals surface area contributed by atoms with Gasteiger partial charge in [0, 0.05) is 16.2 Å². The van der Waals surface area contributed by atoms with Crippen LogP contribution in [0.25, 0.3) is 0 Å². The van der Waals surface area contributed by atoms with Gasteiger partial charge in [0.1, 0.15) is 0 Å². The van der Waals surface area contributed by atoms with Crippen LogP contribution in [0.2, 0.25) is 0 Å². The molecule has 0 spiro atoms. The second-order valence-corrected chi connectivity index (χ2v) is 6.09. The molecule has 0 radical (unpaired) electrons. The Bertz CT molecular complexity index is 324. The summed E-state index contributed by atoms with van der Waals surface area (Å²) in [6.07, 6.45) is 0. The zero-order chi connectivity index (χ0) is 10.7. The predicted molar refractivity (Wildman–Crippen MR) is 68.4 cm³/mol. The van der Waals surface area contributed by atoms with E-state index in [4.69, 9.17) is 4.74 Å². The van der Waals surface area contributed by atoms with Crippen LogP contribution in [-0.2, 0) is 16.5 Å². The second-order valence-electron chi connectivity index (χ2n) is 4.02. The van der Waals surface area contributed by atoms with Crippen molar-refractivity contribution in [1.29, 1.82) is 0 Å².